The SMILES string of the molecule is CC(OC(=O)c1cn(C)c2ccccc12)C(=O)Nc1ccc(F)c(F)c1F. The molecule has 1 unspecified atom stereocenters. The molecule has 1 atom stereocenters. The van der Waals surface area contributed by atoms with Crippen molar-refractivity contribution in [3.05, 3.63) is 65.6 Å². The van der Waals surface area contributed by atoms with E-state index in [4.69, 9.17) is 4.74 Å². The van der Waals surface area contributed by atoms with Crippen molar-refractivity contribution in [1.82, 2.24) is 4.57 Å². The van der Waals surface area contributed by atoms with E-state index in [-0.39, 0.29) is 5.56 Å². The molecule has 0 fully saturated rings. The molecule has 1 N–H and O–H groups in total. The first kappa shape index (κ1) is 18.5. The first-order valence-corrected chi connectivity index (χ1v) is 7.99. The highest BCUT2D eigenvalue weighted by Crippen LogP contribution is 2.22. The summed E-state index contributed by atoms with van der Waals surface area (Å²) in [5.74, 6) is -6.22. The Morgan fingerprint density at radius 2 is 1.78 bits per heavy atom. The van der Waals surface area contributed by atoms with E-state index >= 15 is 0 Å². The van der Waals surface area contributed by atoms with Crippen LogP contribution >= 0.6 is 0 Å². The van der Waals surface area contributed by atoms with Crippen LogP contribution in [0.1, 0.15) is 17.3 Å². The second-order valence-electron chi connectivity index (χ2n) is 5.93. The second kappa shape index (κ2) is 7.14. The topological polar surface area (TPSA) is 60.3 Å². The minimum absolute atomic E-state index is 0.270. The number of hydrogen-bond acceptors (Lipinski definition) is 3. The number of rotatable bonds is 4. The zero-order valence-corrected chi connectivity index (χ0v) is 14.4. The molecule has 0 saturated heterocycles. The van der Waals surface area contributed by atoms with Crippen molar-refractivity contribution in [2.75, 3.05) is 5.32 Å². The molecule has 0 radical (unpaired) electrons. The maximum atomic E-state index is 13.7. The van der Waals surface area contributed by atoms with Crippen LogP contribution in [0.2, 0.25) is 0 Å². The smallest absolute Gasteiger partial charge is 0.341 e. The number of aromatic nitrogens is 1. The van der Waals surface area contributed by atoms with Crippen LogP contribution in [0.15, 0.2) is 42.6 Å². The largest absolute Gasteiger partial charge is 0.449 e. The van der Waals surface area contributed by atoms with E-state index in [9.17, 15) is 22.8 Å². The molecule has 0 saturated carbocycles. The number of hydrogen-bond donors (Lipinski definition) is 1. The Morgan fingerprint density at radius 1 is 1.07 bits per heavy atom. The quantitative estimate of drug-likeness (QED) is 0.557. The lowest BCUT2D eigenvalue weighted by molar-refractivity contribution is -0.123. The zero-order chi connectivity index (χ0) is 19.7. The predicted octanol–water partition coefficient (Wildman–Crippen LogP) is 3.78. The molecule has 3 aromatic rings. The molecule has 1 heterocycles. The summed E-state index contributed by atoms with van der Waals surface area (Å²) in [5, 5.41) is 2.73. The van der Waals surface area contributed by atoms with E-state index in [1.165, 1.54) is 6.92 Å². The van der Waals surface area contributed by atoms with Crippen LogP contribution in [-0.2, 0) is 16.6 Å². The number of halogens is 3. The van der Waals surface area contributed by atoms with Gasteiger partial charge in [0.05, 0.1) is 11.3 Å². The number of nitrogens with zero attached hydrogens (tertiary/aromatic N) is 1. The number of ether oxygens (including phenoxy) is 1. The number of anilines is 1. The van der Waals surface area contributed by atoms with Gasteiger partial charge < -0.3 is 14.6 Å². The minimum Gasteiger partial charge on any atom is -0.449 e. The summed E-state index contributed by atoms with van der Waals surface area (Å²) < 4.78 is 46.7. The Morgan fingerprint density at radius 3 is 2.52 bits per heavy atom. The van der Waals surface area contributed by atoms with Crippen LogP contribution in [0.4, 0.5) is 18.9 Å². The van der Waals surface area contributed by atoms with Crippen molar-refractivity contribution < 1.29 is 27.5 Å². The normalized spacial score (nSPS) is 12.0. The first-order chi connectivity index (χ1) is 12.8. The molecule has 0 aliphatic rings. The van der Waals surface area contributed by atoms with E-state index in [1.807, 2.05) is 12.1 Å². The predicted molar refractivity (Wildman–Crippen MR) is 92.7 cm³/mol. The van der Waals surface area contributed by atoms with Crippen LogP contribution < -0.4 is 5.32 Å². The fourth-order valence-electron chi connectivity index (χ4n) is 2.64. The van der Waals surface area contributed by atoms with Crippen LogP contribution in [0.5, 0.6) is 0 Å². The molecular weight excluding hydrogens is 361 g/mol. The van der Waals surface area contributed by atoms with E-state index in [0.717, 1.165) is 11.6 Å². The molecule has 0 aliphatic heterocycles. The van der Waals surface area contributed by atoms with Gasteiger partial charge in [0.15, 0.2) is 23.6 Å². The number of carbonyl (C=O) groups is 2. The summed E-state index contributed by atoms with van der Waals surface area (Å²) in [6, 6.07) is 8.72. The monoisotopic (exact) mass is 376 g/mol. The van der Waals surface area contributed by atoms with E-state index in [1.54, 1.807) is 29.9 Å². The second-order valence-corrected chi connectivity index (χ2v) is 5.93. The van der Waals surface area contributed by atoms with Crippen LogP contribution in [0.25, 0.3) is 10.9 Å². The lowest BCUT2D eigenvalue weighted by Crippen LogP contribution is -2.30. The Bertz CT molecular complexity index is 1050. The van der Waals surface area contributed by atoms with Crippen molar-refractivity contribution in [1.29, 1.82) is 0 Å². The molecule has 1 aromatic heterocycles. The summed E-state index contributed by atoms with van der Waals surface area (Å²) in [7, 11) is 1.76. The molecule has 3 rings (SSSR count). The van der Waals surface area contributed by atoms with Crippen molar-refractivity contribution in [3.63, 3.8) is 0 Å². The van der Waals surface area contributed by atoms with Gasteiger partial charge in [-0.15, -0.1) is 0 Å². The van der Waals surface area contributed by atoms with Crippen molar-refractivity contribution in [2.24, 2.45) is 7.05 Å². The number of amides is 1. The van der Waals surface area contributed by atoms with Gasteiger partial charge in [0.2, 0.25) is 0 Å². The average molecular weight is 376 g/mol. The third-order valence-corrected chi connectivity index (χ3v) is 4.06. The lowest BCUT2D eigenvalue weighted by atomic mass is 10.2. The zero-order valence-electron chi connectivity index (χ0n) is 14.4. The molecular formula is C19H15F3N2O3. The van der Waals surface area contributed by atoms with E-state index < -0.39 is 41.1 Å². The Labute approximate surface area is 152 Å². The number of esters is 1. The van der Waals surface area contributed by atoms with Gasteiger partial charge in [-0.1, -0.05) is 18.2 Å². The molecule has 140 valence electrons. The summed E-state index contributed by atoms with van der Waals surface area (Å²) in [4.78, 5) is 24.5. The number of carbonyl (C=O) groups excluding carboxylic acids is 2. The number of nitrogens with one attached hydrogen (secondary N) is 1. The Balaban J connectivity index is 1.74. The molecule has 0 spiro atoms. The summed E-state index contributed by atoms with van der Waals surface area (Å²) in [5.41, 5.74) is 0.532. The van der Waals surface area contributed by atoms with Gasteiger partial charge in [-0.05, 0) is 25.1 Å². The summed E-state index contributed by atoms with van der Waals surface area (Å²) in [6.45, 7) is 1.29. The van der Waals surface area contributed by atoms with E-state index in [0.29, 0.717) is 11.5 Å². The van der Waals surface area contributed by atoms with Gasteiger partial charge in [-0.25, -0.2) is 18.0 Å². The fraction of sp³-hybridized carbons (Fsp3) is 0.158. The highest BCUT2D eigenvalue weighted by atomic mass is 19.2. The van der Waals surface area contributed by atoms with E-state index in [2.05, 4.69) is 5.32 Å². The number of fused-ring (bicyclic) bond motifs is 1. The fourth-order valence-corrected chi connectivity index (χ4v) is 2.64. The van der Waals surface area contributed by atoms with Gasteiger partial charge in [0.1, 0.15) is 0 Å². The molecule has 0 aliphatic carbocycles. The van der Waals surface area contributed by atoms with Crippen molar-refractivity contribution >= 4 is 28.5 Å². The highest BCUT2D eigenvalue weighted by Gasteiger charge is 2.23. The molecule has 1 amide bonds. The summed E-state index contributed by atoms with van der Waals surface area (Å²) in [6.07, 6.45) is 0.288. The average Bonchev–Trinajstić information content (AvgIpc) is 2.99. The highest BCUT2D eigenvalue weighted by molar-refractivity contribution is 6.05. The van der Waals surface area contributed by atoms with Gasteiger partial charge >= 0.3 is 5.97 Å². The molecule has 27 heavy (non-hydrogen) atoms. The van der Waals surface area contributed by atoms with Crippen LogP contribution in [0, 0.1) is 17.5 Å². The molecule has 8 heteroatoms. The molecule has 2 aromatic carbocycles. The Hall–Kier alpha value is -3.29. The number of benzene rings is 2. The molecule has 0 bridgehead atoms. The van der Waals surface area contributed by atoms with Crippen molar-refractivity contribution in [3.8, 4) is 0 Å². The van der Waals surface area contributed by atoms with Gasteiger partial charge in [-0.3, -0.25) is 4.79 Å². The first-order valence-electron chi connectivity index (χ1n) is 7.99. The number of aryl methyl sites for hydroxylation is 1. The van der Waals surface area contributed by atoms with Crippen molar-refractivity contribution in [2.45, 2.75) is 13.0 Å². The minimum atomic E-state index is -1.70. The molecule has 5 nitrogen and oxygen atoms in total. The third-order valence-electron chi connectivity index (χ3n) is 4.06. The third kappa shape index (κ3) is 3.51. The maximum Gasteiger partial charge on any atom is 0.341 e. The standard InChI is InChI=1S/C19H15F3N2O3/c1-10(18(25)23-14-8-7-13(20)16(21)17(14)22)27-19(26)12-9-24(2)15-6-4-3-5-11(12)15/h3-10H,1-2H3,(H,23,25). The summed E-state index contributed by atoms with van der Waals surface area (Å²) >= 11 is 0. The maximum absolute atomic E-state index is 13.7. The lowest BCUT2D eigenvalue weighted by Gasteiger charge is -2.14. The van der Waals surface area contributed by atoms with Crippen LogP contribution in [-0.4, -0.2) is 22.5 Å². The number of para-hydroxylation sites is 1. The van der Waals surface area contributed by atoms with Crippen LogP contribution in [0.3, 0.4) is 0 Å². The van der Waals surface area contributed by atoms with Gasteiger partial charge in [-0.2, -0.15) is 0 Å². The van der Waals surface area contributed by atoms with Gasteiger partial charge in [0, 0.05) is 24.1 Å². The van der Waals surface area contributed by atoms with Gasteiger partial charge in [0.25, 0.3) is 5.91 Å². The Kier molecular flexibility index (Phi) is 4.89.